The monoisotopic (exact) mass is 385 g/mol. The molecule has 0 radical (unpaired) electrons. The van der Waals surface area contributed by atoms with E-state index in [0.717, 1.165) is 27.1 Å². The van der Waals surface area contributed by atoms with Crippen molar-refractivity contribution in [1.82, 2.24) is 5.32 Å². The van der Waals surface area contributed by atoms with Crippen LogP contribution in [0.3, 0.4) is 0 Å². The highest BCUT2D eigenvalue weighted by atomic mass is 79.9. The molecule has 0 aliphatic carbocycles. The summed E-state index contributed by atoms with van der Waals surface area (Å²) in [6, 6.07) is 19.8. The van der Waals surface area contributed by atoms with E-state index in [-0.39, 0.29) is 0 Å². The average Bonchev–Trinajstić information content (AvgIpc) is 3.07. The van der Waals surface area contributed by atoms with Gasteiger partial charge in [0, 0.05) is 16.6 Å². The predicted octanol–water partition coefficient (Wildman–Crippen LogP) is 4.84. The Labute approximate surface area is 150 Å². The molecule has 1 atom stereocenters. The van der Waals surface area contributed by atoms with Crippen LogP contribution in [0.2, 0.25) is 0 Å². The fourth-order valence-electron chi connectivity index (χ4n) is 2.55. The molecule has 0 bridgehead atoms. The first-order valence-electron chi connectivity index (χ1n) is 7.92. The zero-order valence-electron chi connectivity index (χ0n) is 13.5. The average molecular weight is 386 g/mol. The van der Waals surface area contributed by atoms with E-state index in [4.69, 9.17) is 4.42 Å². The molecule has 3 aromatic rings. The van der Waals surface area contributed by atoms with Crippen molar-refractivity contribution < 1.29 is 9.52 Å². The largest absolute Gasteiger partial charge is 0.460 e. The van der Waals surface area contributed by atoms with Crippen LogP contribution in [-0.4, -0.2) is 11.7 Å². The molecule has 2 aromatic carbocycles. The Morgan fingerprint density at radius 2 is 1.88 bits per heavy atom. The van der Waals surface area contributed by atoms with Crippen LogP contribution in [0.4, 0.5) is 0 Å². The lowest BCUT2D eigenvalue weighted by atomic mass is 10.1. The summed E-state index contributed by atoms with van der Waals surface area (Å²) in [5.41, 5.74) is 3.15. The highest BCUT2D eigenvalue weighted by molar-refractivity contribution is 9.10. The molecule has 24 heavy (non-hydrogen) atoms. The molecular weight excluding hydrogens is 366 g/mol. The summed E-state index contributed by atoms with van der Waals surface area (Å²) in [4.78, 5) is 0. The third-order valence-corrected chi connectivity index (χ3v) is 4.82. The lowest BCUT2D eigenvalue weighted by Crippen LogP contribution is -2.20. The predicted molar refractivity (Wildman–Crippen MR) is 99.7 cm³/mol. The van der Waals surface area contributed by atoms with Crippen molar-refractivity contribution in [2.75, 3.05) is 6.54 Å². The van der Waals surface area contributed by atoms with Crippen molar-refractivity contribution in [2.24, 2.45) is 0 Å². The van der Waals surface area contributed by atoms with Crippen LogP contribution in [0, 0.1) is 6.92 Å². The molecule has 3 rings (SSSR count). The second-order valence-corrected chi connectivity index (χ2v) is 6.64. The summed E-state index contributed by atoms with van der Waals surface area (Å²) in [5.74, 6) is 1.71. The van der Waals surface area contributed by atoms with E-state index in [1.807, 2.05) is 54.6 Å². The number of halogens is 1. The minimum Gasteiger partial charge on any atom is -0.460 e. The SMILES string of the molecule is Cc1cc(-c2ccc(CNC[C@@H](O)c3ccccc3)o2)ccc1Br. The smallest absolute Gasteiger partial charge is 0.134 e. The fraction of sp³-hybridized carbons (Fsp3) is 0.200. The van der Waals surface area contributed by atoms with Crippen LogP contribution in [0.1, 0.15) is 23.0 Å². The van der Waals surface area contributed by atoms with E-state index in [1.54, 1.807) is 0 Å². The van der Waals surface area contributed by atoms with E-state index in [0.29, 0.717) is 13.1 Å². The number of benzene rings is 2. The Morgan fingerprint density at radius 1 is 1.08 bits per heavy atom. The third-order valence-electron chi connectivity index (χ3n) is 3.93. The van der Waals surface area contributed by atoms with Crippen LogP contribution in [0.5, 0.6) is 0 Å². The first-order valence-corrected chi connectivity index (χ1v) is 8.72. The zero-order chi connectivity index (χ0) is 16.9. The van der Waals surface area contributed by atoms with Gasteiger partial charge in [0.05, 0.1) is 12.6 Å². The Kier molecular flexibility index (Phi) is 5.51. The van der Waals surface area contributed by atoms with Crippen LogP contribution in [0.15, 0.2) is 69.6 Å². The van der Waals surface area contributed by atoms with Gasteiger partial charge in [-0.05, 0) is 42.3 Å². The molecule has 2 N–H and O–H groups in total. The molecule has 0 fully saturated rings. The summed E-state index contributed by atoms with van der Waals surface area (Å²) in [6.07, 6.45) is -0.519. The Hall–Kier alpha value is -1.88. The van der Waals surface area contributed by atoms with Gasteiger partial charge in [-0.3, -0.25) is 0 Å². The first-order chi connectivity index (χ1) is 11.6. The highest BCUT2D eigenvalue weighted by Gasteiger charge is 2.09. The number of nitrogens with one attached hydrogen (secondary N) is 1. The van der Waals surface area contributed by atoms with E-state index in [9.17, 15) is 5.11 Å². The first kappa shape index (κ1) is 17.0. The minimum absolute atomic E-state index is 0.484. The molecule has 1 aromatic heterocycles. The van der Waals surface area contributed by atoms with Crippen molar-refractivity contribution >= 4 is 15.9 Å². The summed E-state index contributed by atoms with van der Waals surface area (Å²) in [7, 11) is 0. The molecule has 0 aliphatic rings. The van der Waals surface area contributed by atoms with E-state index in [2.05, 4.69) is 34.2 Å². The van der Waals surface area contributed by atoms with Gasteiger partial charge in [-0.15, -0.1) is 0 Å². The molecular formula is C20H20BrNO2. The minimum atomic E-state index is -0.519. The third kappa shape index (κ3) is 4.15. The number of aliphatic hydroxyl groups is 1. The molecule has 4 heteroatoms. The Bertz CT molecular complexity index is 798. The van der Waals surface area contributed by atoms with Crippen molar-refractivity contribution in [2.45, 2.75) is 19.6 Å². The van der Waals surface area contributed by atoms with Crippen molar-refractivity contribution in [3.8, 4) is 11.3 Å². The van der Waals surface area contributed by atoms with Gasteiger partial charge >= 0.3 is 0 Å². The second kappa shape index (κ2) is 7.79. The van der Waals surface area contributed by atoms with Crippen molar-refractivity contribution in [1.29, 1.82) is 0 Å². The topological polar surface area (TPSA) is 45.4 Å². The number of rotatable bonds is 6. The van der Waals surface area contributed by atoms with Crippen LogP contribution in [0.25, 0.3) is 11.3 Å². The van der Waals surface area contributed by atoms with Crippen molar-refractivity contribution in [3.05, 3.63) is 82.0 Å². The maximum absolute atomic E-state index is 10.1. The molecule has 0 unspecified atom stereocenters. The van der Waals surface area contributed by atoms with Gasteiger partial charge in [-0.25, -0.2) is 0 Å². The van der Waals surface area contributed by atoms with E-state index >= 15 is 0 Å². The van der Waals surface area contributed by atoms with Gasteiger partial charge in [0.1, 0.15) is 11.5 Å². The van der Waals surface area contributed by atoms with Gasteiger partial charge in [-0.2, -0.15) is 0 Å². The Morgan fingerprint density at radius 3 is 2.62 bits per heavy atom. The Balaban J connectivity index is 1.57. The standard InChI is InChI=1S/C20H20BrNO2/c1-14-11-16(7-9-18(14)21)20-10-8-17(24-20)12-22-13-19(23)15-5-3-2-4-6-15/h2-11,19,22-23H,12-13H2,1H3/t19-/m1/s1. The molecule has 0 saturated heterocycles. The fourth-order valence-corrected chi connectivity index (χ4v) is 2.80. The molecule has 0 amide bonds. The molecule has 0 spiro atoms. The molecule has 1 heterocycles. The summed E-state index contributed by atoms with van der Waals surface area (Å²) >= 11 is 3.51. The van der Waals surface area contributed by atoms with Gasteiger partial charge in [0.2, 0.25) is 0 Å². The van der Waals surface area contributed by atoms with Gasteiger partial charge in [-0.1, -0.05) is 52.3 Å². The quantitative estimate of drug-likeness (QED) is 0.637. The second-order valence-electron chi connectivity index (χ2n) is 5.79. The summed E-state index contributed by atoms with van der Waals surface area (Å²) < 4.78 is 6.98. The van der Waals surface area contributed by atoms with Crippen LogP contribution >= 0.6 is 15.9 Å². The number of hydrogen-bond donors (Lipinski definition) is 2. The molecule has 3 nitrogen and oxygen atoms in total. The number of aryl methyl sites for hydroxylation is 1. The number of aliphatic hydroxyl groups excluding tert-OH is 1. The number of hydrogen-bond acceptors (Lipinski definition) is 3. The van der Waals surface area contributed by atoms with Gasteiger partial charge in [0.15, 0.2) is 0 Å². The molecule has 124 valence electrons. The zero-order valence-corrected chi connectivity index (χ0v) is 15.1. The highest BCUT2D eigenvalue weighted by Crippen LogP contribution is 2.26. The maximum Gasteiger partial charge on any atom is 0.134 e. The lowest BCUT2D eigenvalue weighted by molar-refractivity contribution is 0.173. The van der Waals surface area contributed by atoms with Gasteiger partial charge < -0.3 is 14.8 Å². The summed E-state index contributed by atoms with van der Waals surface area (Å²) in [6.45, 7) is 3.13. The molecule has 0 aliphatic heterocycles. The van der Waals surface area contributed by atoms with Crippen molar-refractivity contribution in [3.63, 3.8) is 0 Å². The van der Waals surface area contributed by atoms with Gasteiger partial charge in [0.25, 0.3) is 0 Å². The maximum atomic E-state index is 10.1. The summed E-state index contributed by atoms with van der Waals surface area (Å²) in [5, 5.41) is 13.4. The van der Waals surface area contributed by atoms with Crippen LogP contribution < -0.4 is 5.32 Å². The van der Waals surface area contributed by atoms with Crippen LogP contribution in [-0.2, 0) is 6.54 Å². The lowest BCUT2D eigenvalue weighted by Gasteiger charge is -2.11. The van der Waals surface area contributed by atoms with E-state index in [1.165, 1.54) is 5.56 Å². The normalized spacial score (nSPS) is 12.3. The number of furan rings is 1. The molecule has 0 saturated carbocycles. The van der Waals surface area contributed by atoms with E-state index < -0.39 is 6.10 Å².